The van der Waals surface area contributed by atoms with E-state index in [0.717, 1.165) is 17.8 Å². The van der Waals surface area contributed by atoms with Crippen LogP contribution in [0, 0.1) is 0 Å². The highest BCUT2D eigenvalue weighted by Gasteiger charge is 2.34. The Morgan fingerprint density at radius 2 is 2.29 bits per heavy atom. The van der Waals surface area contributed by atoms with Crippen molar-refractivity contribution < 1.29 is 4.79 Å². The highest BCUT2D eigenvalue weighted by atomic mass is 16.2. The largest absolute Gasteiger partial charge is 0.387 e. The van der Waals surface area contributed by atoms with Crippen molar-refractivity contribution in [3.05, 3.63) is 35.3 Å². The molecule has 0 fully saturated rings. The molecule has 0 aromatic heterocycles. The van der Waals surface area contributed by atoms with Gasteiger partial charge in [-0.05, 0) is 6.08 Å². The fraction of sp³-hybridized carbons (Fsp3) is 0.222. The van der Waals surface area contributed by atoms with Crippen LogP contribution >= 0.6 is 0 Å². The van der Waals surface area contributed by atoms with Gasteiger partial charge in [0.2, 0.25) is 0 Å². The maximum atomic E-state index is 11.2. The van der Waals surface area contributed by atoms with Crippen LogP contribution in [-0.4, -0.2) is 18.5 Å². The van der Waals surface area contributed by atoms with Gasteiger partial charge in [0.25, 0.3) is 5.91 Å². The molecule has 0 spiro atoms. The van der Waals surface area contributed by atoms with E-state index in [0.29, 0.717) is 5.57 Å². The first-order valence-electron chi connectivity index (χ1n) is 4.42. The Labute approximate surface area is 80.3 Å². The smallest absolute Gasteiger partial charge is 0.295 e. The third-order valence-corrected chi connectivity index (χ3v) is 2.48. The van der Waals surface area contributed by atoms with Crippen LogP contribution in [-0.2, 0) is 4.79 Å². The number of hydrogen-bond acceptors (Lipinski definition) is 4. The van der Waals surface area contributed by atoms with Gasteiger partial charge < -0.3 is 10.6 Å². The molecule has 3 heterocycles. The SMILES string of the molecule is O=C1N=NC2C1=CNC1=CCNC=C12. The number of rotatable bonds is 0. The summed E-state index contributed by atoms with van der Waals surface area (Å²) in [4.78, 5) is 11.2. The molecule has 0 saturated heterocycles. The minimum Gasteiger partial charge on any atom is -0.387 e. The summed E-state index contributed by atoms with van der Waals surface area (Å²) in [6.07, 6.45) is 5.61. The Morgan fingerprint density at radius 1 is 1.36 bits per heavy atom. The number of hydrogen-bond donors (Lipinski definition) is 2. The Hall–Kier alpha value is -1.91. The first kappa shape index (κ1) is 7.49. The second kappa shape index (κ2) is 2.54. The predicted molar refractivity (Wildman–Crippen MR) is 49.0 cm³/mol. The van der Waals surface area contributed by atoms with E-state index in [2.05, 4.69) is 20.9 Å². The molecule has 5 nitrogen and oxygen atoms in total. The first-order valence-corrected chi connectivity index (χ1v) is 4.42. The summed E-state index contributed by atoms with van der Waals surface area (Å²) in [7, 11) is 0. The monoisotopic (exact) mass is 188 g/mol. The van der Waals surface area contributed by atoms with E-state index < -0.39 is 0 Å². The lowest BCUT2D eigenvalue weighted by molar-refractivity contribution is -0.114. The van der Waals surface area contributed by atoms with Crippen molar-refractivity contribution in [3.8, 4) is 0 Å². The minimum absolute atomic E-state index is 0.206. The Balaban J connectivity index is 2.10. The van der Waals surface area contributed by atoms with Gasteiger partial charge in [-0.3, -0.25) is 4.79 Å². The molecule has 3 aliphatic heterocycles. The number of carbonyl (C=O) groups excluding carboxylic acids is 1. The van der Waals surface area contributed by atoms with Gasteiger partial charge in [-0.1, -0.05) is 0 Å². The Bertz CT molecular complexity index is 430. The maximum absolute atomic E-state index is 11.2. The summed E-state index contributed by atoms with van der Waals surface area (Å²) in [6, 6.07) is -0.206. The van der Waals surface area contributed by atoms with Gasteiger partial charge in [-0.25, -0.2) is 0 Å². The van der Waals surface area contributed by atoms with Crippen LogP contribution in [0.5, 0.6) is 0 Å². The highest BCUT2D eigenvalue weighted by Crippen LogP contribution is 2.31. The molecule has 1 unspecified atom stereocenters. The fourth-order valence-electron chi connectivity index (χ4n) is 1.77. The molecule has 3 aliphatic rings. The van der Waals surface area contributed by atoms with Crippen LogP contribution in [0.4, 0.5) is 0 Å². The summed E-state index contributed by atoms with van der Waals surface area (Å²) < 4.78 is 0. The molecular weight excluding hydrogens is 180 g/mol. The standard InChI is InChI=1S/C9H8N4O/c14-9-6-4-11-7-1-2-10-3-5(7)8(6)12-13-9/h1,3-4,8,10-11H,2H2. The van der Waals surface area contributed by atoms with Crippen molar-refractivity contribution in [1.29, 1.82) is 0 Å². The second-order valence-corrected chi connectivity index (χ2v) is 3.29. The van der Waals surface area contributed by atoms with Crippen LogP contribution in [0.1, 0.15) is 0 Å². The normalized spacial score (nSPS) is 27.9. The third-order valence-electron chi connectivity index (χ3n) is 2.48. The number of nitrogens with zero attached hydrogens (tertiary/aromatic N) is 2. The average molecular weight is 188 g/mol. The summed E-state index contributed by atoms with van der Waals surface area (Å²) in [5, 5.41) is 13.7. The summed E-state index contributed by atoms with van der Waals surface area (Å²) in [6.45, 7) is 0.798. The number of nitrogens with one attached hydrogen (secondary N) is 2. The number of fused-ring (bicyclic) bond motifs is 3. The molecule has 0 radical (unpaired) electrons. The van der Waals surface area contributed by atoms with Crippen molar-refractivity contribution in [2.45, 2.75) is 6.04 Å². The summed E-state index contributed by atoms with van der Waals surface area (Å²) >= 11 is 0. The molecule has 1 atom stereocenters. The van der Waals surface area contributed by atoms with Crippen molar-refractivity contribution >= 4 is 5.91 Å². The van der Waals surface area contributed by atoms with Crippen molar-refractivity contribution in [1.82, 2.24) is 10.6 Å². The van der Waals surface area contributed by atoms with Crippen LogP contribution in [0.15, 0.2) is 45.5 Å². The van der Waals surface area contributed by atoms with Gasteiger partial charge in [0.15, 0.2) is 0 Å². The van der Waals surface area contributed by atoms with Gasteiger partial charge in [0, 0.05) is 30.2 Å². The van der Waals surface area contributed by atoms with Gasteiger partial charge in [-0.15, -0.1) is 5.11 Å². The van der Waals surface area contributed by atoms with Crippen LogP contribution in [0.25, 0.3) is 0 Å². The number of azo groups is 1. The molecule has 14 heavy (non-hydrogen) atoms. The second-order valence-electron chi connectivity index (χ2n) is 3.29. The van der Waals surface area contributed by atoms with E-state index in [1.54, 1.807) is 6.20 Å². The van der Waals surface area contributed by atoms with Crippen molar-refractivity contribution in [2.24, 2.45) is 10.2 Å². The maximum Gasteiger partial charge on any atom is 0.295 e. The molecule has 0 saturated carbocycles. The van der Waals surface area contributed by atoms with Crippen LogP contribution in [0.2, 0.25) is 0 Å². The molecule has 1 amide bonds. The molecule has 0 bridgehead atoms. The molecule has 0 aliphatic carbocycles. The highest BCUT2D eigenvalue weighted by molar-refractivity contribution is 5.98. The first-order chi connectivity index (χ1) is 6.86. The number of dihydropyridines is 1. The van der Waals surface area contributed by atoms with E-state index >= 15 is 0 Å². The topological polar surface area (TPSA) is 65.8 Å². The zero-order valence-corrected chi connectivity index (χ0v) is 7.32. The summed E-state index contributed by atoms with van der Waals surface area (Å²) in [5.74, 6) is -0.243. The molecule has 5 heteroatoms. The molecule has 3 rings (SSSR count). The van der Waals surface area contributed by atoms with E-state index in [9.17, 15) is 4.79 Å². The molecule has 2 N–H and O–H groups in total. The lowest BCUT2D eigenvalue weighted by atomic mass is 9.94. The van der Waals surface area contributed by atoms with E-state index in [1.807, 2.05) is 12.3 Å². The van der Waals surface area contributed by atoms with Gasteiger partial charge in [0.1, 0.15) is 6.04 Å². The van der Waals surface area contributed by atoms with E-state index in [4.69, 9.17) is 0 Å². The molecule has 0 aromatic rings. The zero-order valence-electron chi connectivity index (χ0n) is 7.32. The quantitative estimate of drug-likeness (QED) is 0.571. The molecule has 70 valence electrons. The zero-order chi connectivity index (χ0) is 9.54. The Morgan fingerprint density at radius 3 is 3.21 bits per heavy atom. The van der Waals surface area contributed by atoms with E-state index in [-0.39, 0.29) is 11.9 Å². The lowest BCUT2D eigenvalue weighted by Crippen LogP contribution is -2.30. The number of carbonyl (C=O) groups is 1. The summed E-state index contributed by atoms with van der Waals surface area (Å²) in [5.41, 5.74) is 2.63. The molecular formula is C9H8N4O. The fourth-order valence-corrected chi connectivity index (χ4v) is 1.77. The van der Waals surface area contributed by atoms with Gasteiger partial charge >= 0.3 is 0 Å². The third kappa shape index (κ3) is 0.863. The minimum atomic E-state index is -0.243. The van der Waals surface area contributed by atoms with Crippen molar-refractivity contribution in [2.75, 3.05) is 6.54 Å². The van der Waals surface area contributed by atoms with Crippen LogP contribution < -0.4 is 10.6 Å². The van der Waals surface area contributed by atoms with Gasteiger partial charge in [-0.2, -0.15) is 5.11 Å². The number of amides is 1. The van der Waals surface area contributed by atoms with Crippen molar-refractivity contribution in [3.63, 3.8) is 0 Å². The lowest BCUT2D eigenvalue weighted by Gasteiger charge is -2.24. The average Bonchev–Trinajstić information content (AvgIpc) is 2.61. The Kier molecular flexibility index (Phi) is 1.36. The molecule has 0 aromatic carbocycles. The van der Waals surface area contributed by atoms with E-state index in [1.165, 1.54) is 0 Å². The van der Waals surface area contributed by atoms with Crippen LogP contribution in [0.3, 0.4) is 0 Å². The predicted octanol–water partition coefficient (Wildman–Crippen LogP) is 0.205. The van der Waals surface area contributed by atoms with Gasteiger partial charge in [0.05, 0.1) is 5.57 Å².